The molecule has 0 N–H and O–H groups in total. The van der Waals surface area contributed by atoms with Crippen LogP contribution in [0.25, 0.3) is 0 Å². The Morgan fingerprint density at radius 2 is 1.81 bits per heavy atom. The van der Waals surface area contributed by atoms with Crippen molar-refractivity contribution in [3.8, 4) is 0 Å². The lowest BCUT2D eigenvalue weighted by Gasteiger charge is -2.37. The zero-order valence-electron chi connectivity index (χ0n) is 16.9. The van der Waals surface area contributed by atoms with Crippen LogP contribution in [0.1, 0.15) is 38.0 Å². The standard InChI is InChI=1S/C22H33NO2Si/c1-22(2,3)26(4,5)25-17-19-15-23(14-18-10-7-6-8-11-18)16-20(19)21-12-9-13-24-21/h6-13,19-20H,14-17H2,1-5H3/t19-,20+/m1/s1. The average Bonchev–Trinajstić information content (AvgIpc) is 3.22. The van der Waals surface area contributed by atoms with Gasteiger partial charge in [0, 0.05) is 38.1 Å². The molecule has 26 heavy (non-hydrogen) atoms. The number of furan rings is 1. The van der Waals surface area contributed by atoms with Gasteiger partial charge in [0.15, 0.2) is 8.32 Å². The van der Waals surface area contributed by atoms with E-state index in [0.717, 1.165) is 32.0 Å². The second kappa shape index (κ2) is 7.71. The van der Waals surface area contributed by atoms with Gasteiger partial charge in [-0.25, -0.2) is 0 Å². The minimum Gasteiger partial charge on any atom is -0.469 e. The topological polar surface area (TPSA) is 25.6 Å². The summed E-state index contributed by atoms with van der Waals surface area (Å²) in [7, 11) is -1.73. The maximum atomic E-state index is 6.58. The maximum absolute atomic E-state index is 6.58. The Bertz CT molecular complexity index is 676. The van der Waals surface area contributed by atoms with Gasteiger partial charge in [0.1, 0.15) is 5.76 Å². The first-order valence-electron chi connectivity index (χ1n) is 9.70. The van der Waals surface area contributed by atoms with Gasteiger partial charge in [0.2, 0.25) is 0 Å². The van der Waals surface area contributed by atoms with Crippen molar-refractivity contribution in [3.63, 3.8) is 0 Å². The molecular formula is C22H33NO2Si. The number of rotatable bonds is 6. The highest BCUT2D eigenvalue weighted by atomic mass is 28.4. The van der Waals surface area contributed by atoms with Crippen LogP contribution in [0, 0.1) is 5.92 Å². The molecular weight excluding hydrogens is 338 g/mol. The third kappa shape index (κ3) is 4.48. The fourth-order valence-corrected chi connectivity index (χ4v) is 4.52. The van der Waals surface area contributed by atoms with Gasteiger partial charge in [-0.1, -0.05) is 51.1 Å². The van der Waals surface area contributed by atoms with E-state index in [4.69, 9.17) is 8.84 Å². The van der Waals surface area contributed by atoms with Gasteiger partial charge in [-0.05, 0) is 35.8 Å². The largest absolute Gasteiger partial charge is 0.469 e. The van der Waals surface area contributed by atoms with E-state index in [1.807, 2.05) is 6.07 Å². The Labute approximate surface area is 159 Å². The highest BCUT2D eigenvalue weighted by molar-refractivity contribution is 6.74. The SMILES string of the molecule is CC(C)(C)[Si](C)(C)OC[C@H]1CN(Cc2ccccc2)C[C@@H]1c1ccco1. The lowest BCUT2D eigenvalue weighted by atomic mass is 9.95. The number of hydrogen-bond donors (Lipinski definition) is 0. The van der Waals surface area contributed by atoms with E-state index in [2.05, 4.69) is 75.2 Å². The van der Waals surface area contributed by atoms with Gasteiger partial charge >= 0.3 is 0 Å². The highest BCUT2D eigenvalue weighted by Gasteiger charge is 2.41. The zero-order chi connectivity index (χ0) is 18.8. The van der Waals surface area contributed by atoms with Gasteiger partial charge in [0.05, 0.1) is 6.26 Å². The summed E-state index contributed by atoms with van der Waals surface area (Å²) >= 11 is 0. The van der Waals surface area contributed by atoms with Gasteiger partial charge in [0.25, 0.3) is 0 Å². The summed E-state index contributed by atoms with van der Waals surface area (Å²) in [5.74, 6) is 2.00. The summed E-state index contributed by atoms with van der Waals surface area (Å²) in [5, 5.41) is 0.246. The van der Waals surface area contributed by atoms with E-state index in [1.54, 1.807) is 6.26 Å². The van der Waals surface area contributed by atoms with Crippen molar-refractivity contribution in [2.45, 2.75) is 51.4 Å². The van der Waals surface area contributed by atoms with Crippen molar-refractivity contribution >= 4 is 8.32 Å². The first kappa shape index (κ1) is 19.4. The molecule has 4 heteroatoms. The summed E-state index contributed by atoms with van der Waals surface area (Å²) < 4.78 is 12.3. The number of benzene rings is 1. The minimum absolute atomic E-state index is 0.246. The van der Waals surface area contributed by atoms with Gasteiger partial charge in [-0.3, -0.25) is 4.90 Å². The van der Waals surface area contributed by atoms with Crippen molar-refractivity contribution in [3.05, 3.63) is 60.1 Å². The van der Waals surface area contributed by atoms with Gasteiger partial charge in [-0.2, -0.15) is 0 Å². The second-order valence-corrected chi connectivity index (χ2v) is 13.9. The molecule has 1 aliphatic rings. The molecule has 3 rings (SSSR count). The molecule has 0 unspecified atom stereocenters. The van der Waals surface area contributed by atoms with E-state index in [9.17, 15) is 0 Å². The molecule has 2 aromatic rings. The monoisotopic (exact) mass is 371 g/mol. The molecule has 1 fully saturated rings. The van der Waals surface area contributed by atoms with Crippen LogP contribution in [0.3, 0.4) is 0 Å². The minimum atomic E-state index is -1.73. The third-order valence-corrected chi connectivity index (χ3v) is 10.6. The lowest BCUT2D eigenvalue weighted by molar-refractivity contribution is 0.211. The predicted molar refractivity (Wildman–Crippen MR) is 110 cm³/mol. The van der Waals surface area contributed by atoms with E-state index < -0.39 is 8.32 Å². The molecule has 142 valence electrons. The summed E-state index contributed by atoms with van der Waals surface area (Å²) in [4.78, 5) is 2.54. The van der Waals surface area contributed by atoms with Crippen LogP contribution < -0.4 is 0 Å². The van der Waals surface area contributed by atoms with Crippen molar-refractivity contribution < 1.29 is 8.84 Å². The molecule has 2 atom stereocenters. The Balaban J connectivity index is 1.69. The van der Waals surface area contributed by atoms with Crippen LogP contribution in [0.2, 0.25) is 18.1 Å². The fraction of sp³-hybridized carbons (Fsp3) is 0.545. The first-order valence-corrected chi connectivity index (χ1v) is 12.6. The Morgan fingerprint density at radius 3 is 2.42 bits per heavy atom. The lowest BCUT2D eigenvalue weighted by Crippen LogP contribution is -2.42. The Morgan fingerprint density at radius 1 is 1.08 bits per heavy atom. The van der Waals surface area contributed by atoms with Crippen molar-refractivity contribution in [1.82, 2.24) is 4.90 Å². The van der Waals surface area contributed by atoms with Crippen LogP contribution in [0.5, 0.6) is 0 Å². The molecule has 3 nitrogen and oxygen atoms in total. The average molecular weight is 372 g/mol. The zero-order valence-corrected chi connectivity index (χ0v) is 17.9. The molecule has 1 aromatic heterocycles. The molecule has 1 saturated heterocycles. The van der Waals surface area contributed by atoms with Crippen molar-refractivity contribution in [1.29, 1.82) is 0 Å². The van der Waals surface area contributed by atoms with E-state index in [-0.39, 0.29) is 5.04 Å². The molecule has 0 radical (unpaired) electrons. The smallest absolute Gasteiger partial charge is 0.191 e. The molecule has 0 saturated carbocycles. The second-order valence-electron chi connectivity index (χ2n) is 9.13. The van der Waals surface area contributed by atoms with E-state index in [1.165, 1.54) is 5.56 Å². The summed E-state index contributed by atoms with van der Waals surface area (Å²) in [6.07, 6.45) is 1.79. The van der Waals surface area contributed by atoms with Crippen LogP contribution in [-0.2, 0) is 11.0 Å². The molecule has 0 amide bonds. The number of hydrogen-bond acceptors (Lipinski definition) is 3. The normalized spacial score (nSPS) is 22.0. The maximum Gasteiger partial charge on any atom is 0.191 e. The summed E-state index contributed by atoms with van der Waals surface area (Å²) in [6, 6.07) is 14.9. The van der Waals surface area contributed by atoms with Gasteiger partial charge < -0.3 is 8.84 Å². The fourth-order valence-electron chi connectivity index (χ4n) is 3.46. The highest BCUT2D eigenvalue weighted by Crippen LogP contribution is 2.39. The summed E-state index contributed by atoms with van der Waals surface area (Å²) in [6.45, 7) is 15.5. The Kier molecular flexibility index (Phi) is 5.75. The van der Waals surface area contributed by atoms with Crippen LogP contribution in [-0.4, -0.2) is 32.9 Å². The Hall–Kier alpha value is -1.36. The van der Waals surface area contributed by atoms with E-state index >= 15 is 0 Å². The van der Waals surface area contributed by atoms with Crippen LogP contribution >= 0.6 is 0 Å². The van der Waals surface area contributed by atoms with Crippen molar-refractivity contribution in [2.75, 3.05) is 19.7 Å². The molecule has 1 aromatic carbocycles. The van der Waals surface area contributed by atoms with Gasteiger partial charge in [-0.15, -0.1) is 0 Å². The van der Waals surface area contributed by atoms with E-state index in [0.29, 0.717) is 11.8 Å². The van der Waals surface area contributed by atoms with Crippen LogP contribution in [0.15, 0.2) is 53.1 Å². The molecule has 0 spiro atoms. The third-order valence-electron chi connectivity index (χ3n) is 6.14. The number of likely N-dealkylation sites (tertiary alicyclic amines) is 1. The molecule has 1 aliphatic heterocycles. The predicted octanol–water partition coefficient (Wildman–Crippen LogP) is 5.52. The van der Waals surface area contributed by atoms with Crippen molar-refractivity contribution in [2.24, 2.45) is 5.92 Å². The quantitative estimate of drug-likeness (QED) is 0.626. The molecule has 0 aliphatic carbocycles. The molecule has 0 bridgehead atoms. The first-order chi connectivity index (χ1) is 12.3. The number of nitrogens with zero attached hydrogens (tertiary/aromatic N) is 1. The molecule has 2 heterocycles. The summed E-state index contributed by atoms with van der Waals surface area (Å²) in [5.41, 5.74) is 1.37. The van der Waals surface area contributed by atoms with Crippen LogP contribution in [0.4, 0.5) is 0 Å².